The number of nitrogens with one attached hydrogen (secondary N) is 1. The smallest absolute Gasteiger partial charge is 0.317 e. The number of ether oxygens (including phenoxy) is 1. The first-order valence-electron chi connectivity index (χ1n) is 13.2. The van der Waals surface area contributed by atoms with Gasteiger partial charge >= 0.3 is 6.03 Å². The highest BCUT2D eigenvalue weighted by Gasteiger charge is 2.28. The van der Waals surface area contributed by atoms with Crippen LogP contribution in [0.1, 0.15) is 68.9 Å². The molecule has 1 atom stereocenters. The van der Waals surface area contributed by atoms with E-state index in [0.29, 0.717) is 19.0 Å². The molecule has 1 unspecified atom stereocenters. The molecule has 4 rings (SSSR count). The Morgan fingerprint density at radius 1 is 1.06 bits per heavy atom. The van der Waals surface area contributed by atoms with Crippen LogP contribution < -0.4 is 10.1 Å². The van der Waals surface area contributed by atoms with Crippen molar-refractivity contribution in [3.63, 3.8) is 0 Å². The molecular formula is C26H41N5O3. The van der Waals surface area contributed by atoms with Gasteiger partial charge in [0, 0.05) is 44.5 Å². The molecule has 1 aromatic rings. The lowest BCUT2D eigenvalue weighted by atomic mass is 9.89. The summed E-state index contributed by atoms with van der Waals surface area (Å²) in [7, 11) is 0. The summed E-state index contributed by atoms with van der Waals surface area (Å²) in [6.07, 6.45) is 9.43. The van der Waals surface area contributed by atoms with E-state index in [2.05, 4.69) is 35.1 Å². The van der Waals surface area contributed by atoms with Gasteiger partial charge in [0.1, 0.15) is 6.10 Å². The van der Waals surface area contributed by atoms with Gasteiger partial charge in [-0.05, 0) is 82.5 Å². The highest BCUT2D eigenvalue weighted by atomic mass is 16.5. The van der Waals surface area contributed by atoms with Crippen molar-refractivity contribution in [2.24, 2.45) is 0 Å². The van der Waals surface area contributed by atoms with Crippen LogP contribution in [0.4, 0.5) is 4.79 Å². The van der Waals surface area contributed by atoms with Crippen molar-refractivity contribution in [3.05, 3.63) is 23.4 Å². The molecule has 1 N–H and O–H groups in total. The van der Waals surface area contributed by atoms with E-state index in [-0.39, 0.29) is 24.6 Å². The summed E-state index contributed by atoms with van der Waals surface area (Å²) < 4.78 is 6.47. The predicted octanol–water partition coefficient (Wildman–Crippen LogP) is 3.15. The quantitative estimate of drug-likeness (QED) is 0.630. The summed E-state index contributed by atoms with van der Waals surface area (Å²) in [5.41, 5.74) is 2.31. The number of carbonyl (C=O) groups is 2. The SMILES string of the molecule is CCC(CN1CCCC1)Oc1ncc(C)cc1C1CCN(C(=O)CNC(=O)N2CCCC2)CC1. The Labute approximate surface area is 204 Å². The Hall–Kier alpha value is -2.35. The first-order chi connectivity index (χ1) is 16.5. The lowest BCUT2D eigenvalue weighted by molar-refractivity contribution is -0.131. The number of likely N-dealkylation sites (tertiary alicyclic amines) is 3. The van der Waals surface area contributed by atoms with Crippen molar-refractivity contribution in [1.29, 1.82) is 0 Å². The van der Waals surface area contributed by atoms with Gasteiger partial charge in [-0.3, -0.25) is 9.69 Å². The van der Waals surface area contributed by atoms with Crippen LogP contribution in [0.25, 0.3) is 0 Å². The molecule has 3 saturated heterocycles. The van der Waals surface area contributed by atoms with Crippen LogP contribution in [0.15, 0.2) is 12.3 Å². The fourth-order valence-electron chi connectivity index (χ4n) is 5.37. The number of aryl methyl sites for hydroxylation is 1. The normalized spacial score (nSPS) is 20.5. The Morgan fingerprint density at radius 3 is 2.41 bits per heavy atom. The maximum atomic E-state index is 12.7. The first kappa shape index (κ1) is 24.8. The van der Waals surface area contributed by atoms with E-state index in [0.717, 1.165) is 63.2 Å². The zero-order chi connectivity index (χ0) is 23.9. The average Bonchev–Trinajstić information content (AvgIpc) is 3.58. The van der Waals surface area contributed by atoms with Crippen molar-refractivity contribution in [1.82, 2.24) is 25.0 Å². The van der Waals surface area contributed by atoms with Crippen molar-refractivity contribution < 1.29 is 14.3 Å². The molecule has 0 radical (unpaired) electrons. The lowest BCUT2D eigenvalue weighted by Crippen LogP contribution is -2.46. The Morgan fingerprint density at radius 2 is 1.74 bits per heavy atom. The Bertz CT molecular complexity index is 828. The largest absolute Gasteiger partial charge is 0.473 e. The summed E-state index contributed by atoms with van der Waals surface area (Å²) in [6, 6.07) is 2.09. The molecule has 4 heterocycles. The Kier molecular flexibility index (Phi) is 8.64. The van der Waals surface area contributed by atoms with E-state index in [1.165, 1.54) is 31.5 Å². The van der Waals surface area contributed by atoms with Crippen molar-refractivity contribution in [2.45, 2.75) is 70.8 Å². The van der Waals surface area contributed by atoms with Crippen LogP contribution in [-0.2, 0) is 4.79 Å². The topological polar surface area (TPSA) is 78.0 Å². The average molecular weight is 472 g/mol. The summed E-state index contributed by atoms with van der Waals surface area (Å²) in [5.74, 6) is 1.09. The van der Waals surface area contributed by atoms with E-state index >= 15 is 0 Å². The molecule has 0 spiro atoms. The predicted molar refractivity (Wildman–Crippen MR) is 132 cm³/mol. The zero-order valence-corrected chi connectivity index (χ0v) is 20.9. The second-order valence-electron chi connectivity index (χ2n) is 10.1. The number of hydrogen-bond acceptors (Lipinski definition) is 5. The second kappa shape index (κ2) is 11.9. The van der Waals surface area contributed by atoms with Gasteiger partial charge in [0.2, 0.25) is 11.8 Å². The molecule has 3 amide bonds. The van der Waals surface area contributed by atoms with Crippen LogP contribution in [0.3, 0.4) is 0 Å². The highest BCUT2D eigenvalue weighted by Crippen LogP contribution is 2.34. The number of carbonyl (C=O) groups excluding carboxylic acids is 2. The van der Waals surface area contributed by atoms with Gasteiger partial charge in [-0.1, -0.05) is 6.92 Å². The molecule has 3 aliphatic rings. The van der Waals surface area contributed by atoms with Gasteiger partial charge in [-0.25, -0.2) is 9.78 Å². The van der Waals surface area contributed by atoms with E-state index in [1.54, 1.807) is 4.90 Å². The van der Waals surface area contributed by atoms with E-state index < -0.39 is 0 Å². The maximum Gasteiger partial charge on any atom is 0.317 e. The minimum Gasteiger partial charge on any atom is -0.473 e. The standard InChI is InChI=1S/C26H41N5O3/c1-3-22(19-29-10-4-5-11-29)34-25-23(16-20(2)17-27-25)21-8-14-30(15-9-21)24(32)18-28-26(33)31-12-6-7-13-31/h16-17,21-22H,3-15,18-19H2,1-2H3,(H,28,33). The van der Waals surface area contributed by atoms with E-state index in [4.69, 9.17) is 4.74 Å². The fourth-order valence-corrected chi connectivity index (χ4v) is 5.37. The van der Waals surface area contributed by atoms with Crippen LogP contribution in [0.2, 0.25) is 0 Å². The number of urea groups is 1. The summed E-state index contributed by atoms with van der Waals surface area (Å²) in [4.78, 5) is 35.7. The molecule has 188 valence electrons. The van der Waals surface area contributed by atoms with Gasteiger partial charge in [0.25, 0.3) is 0 Å². The third-order valence-electron chi connectivity index (χ3n) is 7.48. The summed E-state index contributed by atoms with van der Waals surface area (Å²) in [5, 5.41) is 2.80. The number of amides is 3. The maximum absolute atomic E-state index is 12.7. The van der Waals surface area contributed by atoms with Crippen LogP contribution in [-0.4, -0.2) is 90.1 Å². The molecule has 1 aromatic heterocycles. The van der Waals surface area contributed by atoms with Crippen LogP contribution in [0, 0.1) is 6.92 Å². The molecule has 0 aromatic carbocycles. The fraction of sp³-hybridized carbons (Fsp3) is 0.731. The molecular weight excluding hydrogens is 430 g/mol. The number of hydrogen-bond donors (Lipinski definition) is 1. The number of nitrogens with zero attached hydrogens (tertiary/aromatic N) is 4. The van der Waals surface area contributed by atoms with Gasteiger partial charge < -0.3 is 19.9 Å². The van der Waals surface area contributed by atoms with Crippen molar-refractivity contribution in [2.75, 3.05) is 52.4 Å². The van der Waals surface area contributed by atoms with Crippen LogP contribution in [0.5, 0.6) is 5.88 Å². The van der Waals surface area contributed by atoms with Crippen molar-refractivity contribution in [3.8, 4) is 5.88 Å². The lowest BCUT2D eigenvalue weighted by Gasteiger charge is -2.33. The molecule has 0 aliphatic carbocycles. The van der Waals surface area contributed by atoms with Crippen LogP contribution >= 0.6 is 0 Å². The Balaban J connectivity index is 1.31. The van der Waals surface area contributed by atoms with E-state index in [9.17, 15) is 9.59 Å². The minimum atomic E-state index is -0.118. The molecule has 3 fully saturated rings. The third-order valence-corrected chi connectivity index (χ3v) is 7.48. The molecule has 34 heavy (non-hydrogen) atoms. The molecule has 3 aliphatic heterocycles. The van der Waals surface area contributed by atoms with Gasteiger partial charge in [0.15, 0.2) is 0 Å². The number of pyridine rings is 1. The molecule has 8 heteroatoms. The molecule has 0 saturated carbocycles. The first-order valence-corrected chi connectivity index (χ1v) is 13.2. The number of rotatable bonds is 8. The summed E-state index contributed by atoms with van der Waals surface area (Å²) >= 11 is 0. The van der Waals surface area contributed by atoms with Gasteiger partial charge in [-0.15, -0.1) is 0 Å². The molecule has 0 bridgehead atoms. The highest BCUT2D eigenvalue weighted by molar-refractivity contribution is 5.84. The second-order valence-corrected chi connectivity index (χ2v) is 10.1. The zero-order valence-electron chi connectivity index (χ0n) is 20.9. The van der Waals surface area contributed by atoms with Crippen molar-refractivity contribution >= 4 is 11.9 Å². The number of aromatic nitrogens is 1. The monoisotopic (exact) mass is 471 g/mol. The van der Waals surface area contributed by atoms with Gasteiger partial charge in [0.05, 0.1) is 6.54 Å². The number of piperidine rings is 1. The molecule has 8 nitrogen and oxygen atoms in total. The van der Waals surface area contributed by atoms with Gasteiger partial charge in [-0.2, -0.15) is 0 Å². The minimum absolute atomic E-state index is 0.00139. The third kappa shape index (κ3) is 6.40. The summed E-state index contributed by atoms with van der Waals surface area (Å²) in [6.45, 7) is 10.6. The van der Waals surface area contributed by atoms with E-state index in [1.807, 2.05) is 11.1 Å².